The minimum Gasteiger partial charge on any atom is -0.490 e. The molecule has 0 amide bonds. The van der Waals surface area contributed by atoms with Gasteiger partial charge in [-0.15, -0.1) is 0 Å². The van der Waals surface area contributed by atoms with E-state index in [1.54, 1.807) is 18.2 Å². The van der Waals surface area contributed by atoms with Gasteiger partial charge < -0.3 is 14.2 Å². The lowest BCUT2D eigenvalue weighted by Gasteiger charge is -2.08. The Labute approximate surface area is 158 Å². The molecule has 0 spiro atoms. The summed E-state index contributed by atoms with van der Waals surface area (Å²) >= 11 is 0. The molecule has 0 saturated carbocycles. The Morgan fingerprint density at radius 3 is 1.78 bits per heavy atom. The molecule has 0 fully saturated rings. The lowest BCUT2D eigenvalue weighted by molar-refractivity contribution is -0.128. The van der Waals surface area contributed by atoms with Gasteiger partial charge in [0.15, 0.2) is 0 Å². The number of para-hydroxylation sites is 2. The van der Waals surface area contributed by atoms with Crippen LogP contribution in [-0.4, -0.2) is 19.2 Å². The number of benzene rings is 3. The van der Waals surface area contributed by atoms with Crippen molar-refractivity contribution in [1.29, 1.82) is 0 Å². The van der Waals surface area contributed by atoms with Crippen LogP contribution in [0.25, 0.3) is 6.08 Å². The van der Waals surface area contributed by atoms with Crippen LogP contribution in [0, 0.1) is 0 Å². The molecule has 0 atom stereocenters. The average Bonchev–Trinajstić information content (AvgIpc) is 2.72. The molecule has 0 N–H and O–H groups in total. The zero-order valence-electron chi connectivity index (χ0n) is 14.8. The SMILES string of the molecule is O=C(/C=C/c1ccc(OCCOc2ccccc2)cc1)Oc1ccccc1. The van der Waals surface area contributed by atoms with Crippen LogP contribution in [0.2, 0.25) is 0 Å². The van der Waals surface area contributed by atoms with E-state index in [9.17, 15) is 4.79 Å². The molecule has 3 rings (SSSR count). The molecule has 0 saturated heterocycles. The van der Waals surface area contributed by atoms with Crippen molar-refractivity contribution in [1.82, 2.24) is 0 Å². The summed E-state index contributed by atoms with van der Waals surface area (Å²) in [5.74, 6) is 1.67. The lowest BCUT2D eigenvalue weighted by Crippen LogP contribution is -2.08. The normalized spacial score (nSPS) is 10.5. The zero-order chi connectivity index (χ0) is 18.7. The third kappa shape index (κ3) is 6.36. The molecule has 27 heavy (non-hydrogen) atoms. The molecular formula is C23H20O4. The molecule has 0 aliphatic carbocycles. The van der Waals surface area contributed by atoms with Gasteiger partial charge in [0.05, 0.1) is 0 Å². The first kappa shape index (κ1) is 18.3. The second-order valence-electron chi connectivity index (χ2n) is 5.65. The van der Waals surface area contributed by atoms with E-state index in [1.807, 2.05) is 72.8 Å². The van der Waals surface area contributed by atoms with Gasteiger partial charge in [0, 0.05) is 6.08 Å². The highest BCUT2D eigenvalue weighted by atomic mass is 16.5. The zero-order valence-corrected chi connectivity index (χ0v) is 14.8. The molecular weight excluding hydrogens is 340 g/mol. The van der Waals surface area contributed by atoms with Crippen molar-refractivity contribution in [2.45, 2.75) is 0 Å². The quantitative estimate of drug-likeness (QED) is 0.251. The van der Waals surface area contributed by atoms with Crippen molar-refractivity contribution in [3.63, 3.8) is 0 Å². The van der Waals surface area contributed by atoms with E-state index >= 15 is 0 Å². The third-order valence-corrected chi connectivity index (χ3v) is 3.62. The molecule has 0 aromatic heterocycles. The van der Waals surface area contributed by atoms with E-state index in [0.717, 1.165) is 17.1 Å². The number of hydrogen-bond acceptors (Lipinski definition) is 4. The van der Waals surface area contributed by atoms with Crippen molar-refractivity contribution in [2.24, 2.45) is 0 Å². The summed E-state index contributed by atoms with van der Waals surface area (Å²) in [5.41, 5.74) is 0.882. The first-order valence-corrected chi connectivity index (χ1v) is 8.65. The monoisotopic (exact) mass is 360 g/mol. The molecule has 0 aliphatic rings. The molecule has 0 bridgehead atoms. The predicted octanol–water partition coefficient (Wildman–Crippen LogP) is 4.76. The highest BCUT2D eigenvalue weighted by Gasteiger charge is 2.00. The van der Waals surface area contributed by atoms with Gasteiger partial charge in [-0.2, -0.15) is 0 Å². The number of esters is 1. The van der Waals surface area contributed by atoms with Crippen LogP contribution in [0.4, 0.5) is 0 Å². The maximum absolute atomic E-state index is 11.8. The Morgan fingerprint density at radius 2 is 1.19 bits per heavy atom. The van der Waals surface area contributed by atoms with Crippen molar-refractivity contribution in [3.05, 3.63) is 96.6 Å². The smallest absolute Gasteiger partial charge is 0.336 e. The Hall–Kier alpha value is -3.53. The molecule has 0 unspecified atom stereocenters. The minimum atomic E-state index is -0.417. The molecule has 0 heterocycles. The van der Waals surface area contributed by atoms with Crippen LogP contribution < -0.4 is 14.2 Å². The number of rotatable bonds is 8. The first-order chi connectivity index (χ1) is 13.3. The van der Waals surface area contributed by atoms with Crippen LogP contribution in [0.1, 0.15) is 5.56 Å². The van der Waals surface area contributed by atoms with Gasteiger partial charge in [-0.1, -0.05) is 48.5 Å². The molecule has 0 aliphatic heterocycles. The minimum absolute atomic E-state index is 0.417. The van der Waals surface area contributed by atoms with E-state index in [2.05, 4.69) is 0 Å². The van der Waals surface area contributed by atoms with Gasteiger partial charge in [0.2, 0.25) is 0 Å². The van der Waals surface area contributed by atoms with Gasteiger partial charge in [0.1, 0.15) is 30.5 Å². The molecule has 3 aromatic rings. The summed E-state index contributed by atoms with van der Waals surface area (Å²) in [6.45, 7) is 0.921. The molecule has 136 valence electrons. The summed E-state index contributed by atoms with van der Waals surface area (Å²) < 4.78 is 16.4. The second-order valence-corrected chi connectivity index (χ2v) is 5.65. The van der Waals surface area contributed by atoms with Crippen molar-refractivity contribution >= 4 is 12.0 Å². The second kappa shape index (κ2) is 9.82. The largest absolute Gasteiger partial charge is 0.490 e. The summed E-state index contributed by atoms with van der Waals surface area (Å²) in [4.78, 5) is 11.8. The van der Waals surface area contributed by atoms with Gasteiger partial charge in [-0.25, -0.2) is 4.79 Å². The average molecular weight is 360 g/mol. The maximum atomic E-state index is 11.8. The topological polar surface area (TPSA) is 44.8 Å². The predicted molar refractivity (Wildman–Crippen MR) is 105 cm³/mol. The van der Waals surface area contributed by atoms with Crippen LogP contribution in [-0.2, 0) is 4.79 Å². The Bertz CT molecular complexity index is 856. The fourth-order valence-corrected chi connectivity index (χ4v) is 2.31. The van der Waals surface area contributed by atoms with Crippen LogP contribution >= 0.6 is 0 Å². The summed E-state index contributed by atoms with van der Waals surface area (Å²) in [6, 6.07) is 26.0. The standard InChI is InChI=1S/C23H20O4/c24-23(27-22-9-5-2-6-10-22)16-13-19-11-14-21(15-12-19)26-18-17-25-20-7-3-1-4-8-20/h1-16H,17-18H2/b16-13+. The first-order valence-electron chi connectivity index (χ1n) is 8.65. The van der Waals surface area contributed by atoms with Gasteiger partial charge in [0.25, 0.3) is 0 Å². The highest BCUT2D eigenvalue weighted by Crippen LogP contribution is 2.14. The molecule has 0 radical (unpaired) electrons. The van der Waals surface area contributed by atoms with E-state index in [0.29, 0.717) is 19.0 Å². The fraction of sp³-hybridized carbons (Fsp3) is 0.0870. The number of carbonyl (C=O) groups is 1. The van der Waals surface area contributed by atoms with Crippen LogP contribution in [0.5, 0.6) is 17.2 Å². The molecule has 4 heteroatoms. The number of hydrogen-bond donors (Lipinski definition) is 0. The van der Waals surface area contributed by atoms with Crippen molar-refractivity contribution in [3.8, 4) is 17.2 Å². The van der Waals surface area contributed by atoms with E-state index in [-0.39, 0.29) is 0 Å². The highest BCUT2D eigenvalue weighted by molar-refractivity contribution is 5.88. The van der Waals surface area contributed by atoms with Gasteiger partial charge in [-0.3, -0.25) is 0 Å². The lowest BCUT2D eigenvalue weighted by atomic mass is 10.2. The van der Waals surface area contributed by atoms with Crippen LogP contribution in [0.15, 0.2) is 91.0 Å². The maximum Gasteiger partial charge on any atom is 0.336 e. The van der Waals surface area contributed by atoms with E-state index < -0.39 is 5.97 Å². The van der Waals surface area contributed by atoms with Gasteiger partial charge in [-0.05, 0) is 48.0 Å². The molecule has 3 aromatic carbocycles. The number of ether oxygens (including phenoxy) is 3. The molecule has 4 nitrogen and oxygen atoms in total. The number of carbonyl (C=O) groups excluding carboxylic acids is 1. The summed E-state index contributed by atoms with van der Waals surface area (Å²) in [6.07, 6.45) is 3.10. The third-order valence-electron chi connectivity index (χ3n) is 3.62. The Balaban J connectivity index is 1.42. The van der Waals surface area contributed by atoms with Crippen molar-refractivity contribution in [2.75, 3.05) is 13.2 Å². The Kier molecular flexibility index (Phi) is 6.65. The fourth-order valence-electron chi connectivity index (χ4n) is 2.31. The summed E-state index contributed by atoms with van der Waals surface area (Å²) in [7, 11) is 0. The van der Waals surface area contributed by atoms with Crippen molar-refractivity contribution < 1.29 is 19.0 Å². The Morgan fingerprint density at radius 1 is 0.667 bits per heavy atom. The van der Waals surface area contributed by atoms with E-state index in [1.165, 1.54) is 6.08 Å². The summed E-state index contributed by atoms with van der Waals surface area (Å²) in [5, 5.41) is 0. The van der Waals surface area contributed by atoms with E-state index in [4.69, 9.17) is 14.2 Å². The van der Waals surface area contributed by atoms with Gasteiger partial charge >= 0.3 is 5.97 Å². The van der Waals surface area contributed by atoms with Crippen LogP contribution in [0.3, 0.4) is 0 Å².